The molecule has 0 bridgehead atoms. The van der Waals surface area contributed by atoms with Crippen LogP contribution in [0.2, 0.25) is 10.0 Å². The monoisotopic (exact) mass is 466 g/mol. The van der Waals surface area contributed by atoms with E-state index in [9.17, 15) is 4.79 Å². The number of rotatable bonds is 6. The number of hydrazone groups is 1. The van der Waals surface area contributed by atoms with Gasteiger partial charge in [0.1, 0.15) is 10.7 Å². The van der Waals surface area contributed by atoms with Crippen LogP contribution < -0.4 is 10.7 Å². The molecule has 154 valence electrons. The molecule has 1 aromatic heterocycles. The number of anilines is 2. The van der Waals surface area contributed by atoms with Gasteiger partial charge in [-0.1, -0.05) is 83.1 Å². The number of hydrogen-bond donors (Lipinski definition) is 2. The van der Waals surface area contributed by atoms with Gasteiger partial charge in [0.25, 0.3) is 5.91 Å². The highest BCUT2D eigenvalue weighted by Crippen LogP contribution is 2.36. The lowest BCUT2D eigenvalue weighted by atomic mass is 10.1. The number of carbonyl (C=O) groups is 1. The van der Waals surface area contributed by atoms with Crippen molar-refractivity contribution in [3.05, 3.63) is 100 Å². The van der Waals surface area contributed by atoms with Gasteiger partial charge in [-0.3, -0.25) is 10.2 Å². The summed E-state index contributed by atoms with van der Waals surface area (Å²) in [6, 6.07) is 23.7. The number of thiazole rings is 1. The Hall–Kier alpha value is -3.19. The summed E-state index contributed by atoms with van der Waals surface area (Å²) in [6.45, 7) is 0. The van der Waals surface area contributed by atoms with Crippen molar-refractivity contribution >= 4 is 56.8 Å². The Kier molecular flexibility index (Phi) is 6.62. The fourth-order valence-electron chi connectivity index (χ4n) is 2.76. The zero-order chi connectivity index (χ0) is 21.6. The second-order valence-electron chi connectivity index (χ2n) is 6.42. The van der Waals surface area contributed by atoms with E-state index in [4.69, 9.17) is 23.2 Å². The number of hydrogen-bond acceptors (Lipinski definition) is 5. The number of nitrogens with one attached hydrogen (secondary N) is 2. The quantitative estimate of drug-likeness (QED) is 0.242. The van der Waals surface area contributed by atoms with E-state index in [-0.39, 0.29) is 5.91 Å². The van der Waals surface area contributed by atoms with Crippen LogP contribution in [0.25, 0.3) is 11.3 Å². The van der Waals surface area contributed by atoms with Crippen LogP contribution in [0.3, 0.4) is 0 Å². The standard InChI is InChI=1S/C23H16Cl2N4OS/c24-18-12-10-16(11-13-18)21(30)28-22-20(15-6-2-1-3-7-15)27-23(31-22)29-26-14-17-8-4-5-9-19(17)25/h1-14H,(H,27,29)(H,28,30)/b26-14+. The van der Waals surface area contributed by atoms with Crippen molar-refractivity contribution in [3.63, 3.8) is 0 Å². The fraction of sp³-hybridized carbons (Fsp3) is 0. The van der Waals surface area contributed by atoms with E-state index in [2.05, 4.69) is 20.8 Å². The van der Waals surface area contributed by atoms with Crippen LogP contribution in [0.1, 0.15) is 15.9 Å². The first-order valence-corrected chi connectivity index (χ1v) is 10.8. The highest BCUT2D eigenvalue weighted by molar-refractivity contribution is 7.20. The molecule has 8 heteroatoms. The van der Waals surface area contributed by atoms with Gasteiger partial charge in [-0.25, -0.2) is 4.98 Å². The van der Waals surface area contributed by atoms with Crippen molar-refractivity contribution in [2.45, 2.75) is 0 Å². The van der Waals surface area contributed by atoms with Gasteiger partial charge in [0.05, 0.1) is 6.21 Å². The van der Waals surface area contributed by atoms with E-state index in [0.29, 0.717) is 31.4 Å². The van der Waals surface area contributed by atoms with Gasteiger partial charge in [0.2, 0.25) is 5.13 Å². The molecule has 0 radical (unpaired) electrons. The Bertz CT molecular complexity index is 1220. The van der Waals surface area contributed by atoms with E-state index in [1.54, 1.807) is 36.5 Å². The second kappa shape index (κ2) is 9.75. The van der Waals surface area contributed by atoms with Crippen LogP contribution >= 0.6 is 34.5 Å². The van der Waals surface area contributed by atoms with Crippen molar-refractivity contribution in [3.8, 4) is 11.3 Å². The lowest BCUT2D eigenvalue weighted by Crippen LogP contribution is -2.11. The molecule has 0 atom stereocenters. The Labute approximate surface area is 193 Å². The maximum absolute atomic E-state index is 12.7. The molecule has 0 saturated carbocycles. The molecular weight excluding hydrogens is 451 g/mol. The van der Waals surface area contributed by atoms with E-state index in [0.717, 1.165) is 11.1 Å². The highest BCUT2D eigenvalue weighted by Gasteiger charge is 2.16. The van der Waals surface area contributed by atoms with Gasteiger partial charge >= 0.3 is 0 Å². The van der Waals surface area contributed by atoms with Crippen LogP contribution in [0.4, 0.5) is 10.1 Å². The lowest BCUT2D eigenvalue weighted by Gasteiger charge is -2.05. The average molecular weight is 467 g/mol. The van der Waals surface area contributed by atoms with Gasteiger partial charge < -0.3 is 5.32 Å². The third-order valence-electron chi connectivity index (χ3n) is 4.28. The Balaban J connectivity index is 1.59. The van der Waals surface area contributed by atoms with Crippen LogP contribution in [-0.2, 0) is 0 Å². The molecule has 31 heavy (non-hydrogen) atoms. The zero-order valence-electron chi connectivity index (χ0n) is 16.0. The van der Waals surface area contributed by atoms with Crippen molar-refractivity contribution in [1.82, 2.24) is 4.98 Å². The summed E-state index contributed by atoms with van der Waals surface area (Å²) in [5.41, 5.74) is 5.75. The summed E-state index contributed by atoms with van der Waals surface area (Å²) in [7, 11) is 0. The first-order chi connectivity index (χ1) is 15.1. The maximum Gasteiger partial charge on any atom is 0.256 e. The average Bonchev–Trinajstić information content (AvgIpc) is 3.18. The van der Waals surface area contributed by atoms with Crippen LogP contribution in [0, 0.1) is 0 Å². The molecule has 3 aromatic carbocycles. The summed E-state index contributed by atoms with van der Waals surface area (Å²) >= 11 is 13.4. The number of benzene rings is 3. The van der Waals surface area contributed by atoms with Crippen LogP contribution in [-0.4, -0.2) is 17.1 Å². The first-order valence-electron chi connectivity index (χ1n) is 9.27. The van der Waals surface area contributed by atoms with E-state index >= 15 is 0 Å². The minimum Gasteiger partial charge on any atom is -0.312 e. The van der Waals surface area contributed by atoms with Gasteiger partial charge in [-0.15, -0.1) is 0 Å². The summed E-state index contributed by atoms with van der Waals surface area (Å²) in [6.07, 6.45) is 1.62. The molecule has 0 aliphatic carbocycles. The zero-order valence-corrected chi connectivity index (χ0v) is 18.4. The predicted octanol–water partition coefficient (Wildman–Crippen LogP) is 6.82. The molecule has 1 amide bonds. The minimum atomic E-state index is -0.247. The molecule has 1 heterocycles. The molecule has 2 N–H and O–H groups in total. The van der Waals surface area contributed by atoms with Crippen LogP contribution in [0.5, 0.6) is 0 Å². The van der Waals surface area contributed by atoms with Gasteiger partial charge in [0, 0.05) is 26.7 Å². The molecule has 0 spiro atoms. The summed E-state index contributed by atoms with van der Waals surface area (Å²) in [5, 5.41) is 9.50. The summed E-state index contributed by atoms with van der Waals surface area (Å²) in [5.74, 6) is -0.247. The largest absolute Gasteiger partial charge is 0.312 e. The molecule has 0 fully saturated rings. The summed E-state index contributed by atoms with van der Waals surface area (Å²) < 4.78 is 0. The van der Waals surface area contributed by atoms with Gasteiger partial charge in [-0.2, -0.15) is 5.10 Å². The van der Waals surface area contributed by atoms with E-state index in [1.165, 1.54) is 11.3 Å². The van der Waals surface area contributed by atoms with Crippen LogP contribution in [0.15, 0.2) is 84.0 Å². The molecule has 5 nitrogen and oxygen atoms in total. The number of carbonyl (C=O) groups excluding carboxylic acids is 1. The molecule has 4 rings (SSSR count). The normalized spacial score (nSPS) is 10.9. The molecule has 0 unspecified atom stereocenters. The highest BCUT2D eigenvalue weighted by atomic mass is 35.5. The topological polar surface area (TPSA) is 66.4 Å². The Morgan fingerprint density at radius 1 is 0.935 bits per heavy atom. The molecule has 0 aliphatic heterocycles. The predicted molar refractivity (Wildman–Crippen MR) is 130 cm³/mol. The Morgan fingerprint density at radius 2 is 1.65 bits per heavy atom. The maximum atomic E-state index is 12.7. The lowest BCUT2D eigenvalue weighted by molar-refractivity contribution is 0.102. The number of halogens is 2. The third-order valence-corrected chi connectivity index (χ3v) is 5.75. The molecular formula is C23H16Cl2N4OS. The first kappa shape index (κ1) is 21.1. The second-order valence-corrected chi connectivity index (χ2v) is 8.26. The molecule has 0 aliphatic rings. The number of amides is 1. The van der Waals surface area contributed by atoms with E-state index < -0.39 is 0 Å². The number of aromatic nitrogens is 1. The minimum absolute atomic E-state index is 0.247. The fourth-order valence-corrected chi connectivity index (χ4v) is 3.90. The van der Waals surface area contributed by atoms with Gasteiger partial charge in [-0.05, 0) is 30.3 Å². The van der Waals surface area contributed by atoms with Crippen molar-refractivity contribution in [1.29, 1.82) is 0 Å². The third kappa shape index (κ3) is 5.30. The van der Waals surface area contributed by atoms with E-state index in [1.807, 2.05) is 48.5 Å². The van der Waals surface area contributed by atoms with Crippen molar-refractivity contribution < 1.29 is 4.79 Å². The Morgan fingerprint density at radius 3 is 2.39 bits per heavy atom. The number of nitrogens with zero attached hydrogens (tertiary/aromatic N) is 2. The smallest absolute Gasteiger partial charge is 0.256 e. The summed E-state index contributed by atoms with van der Waals surface area (Å²) in [4.78, 5) is 17.3. The SMILES string of the molecule is O=C(Nc1sc(N/N=C/c2ccccc2Cl)nc1-c1ccccc1)c1ccc(Cl)cc1. The van der Waals surface area contributed by atoms with Gasteiger partial charge in [0.15, 0.2) is 0 Å². The molecule has 4 aromatic rings. The van der Waals surface area contributed by atoms with Crippen molar-refractivity contribution in [2.75, 3.05) is 10.7 Å². The molecule has 0 saturated heterocycles. The van der Waals surface area contributed by atoms with Crippen molar-refractivity contribution in [2.24, 2.45) is 5.10 Å².